The average molecular weight is 332 g/mol. The molecule has 2 heteroatoms. The molecule has 0 saturated heterocycles. The fourth-order valence-electron chi connectivity index (χ4n) is 2.88. The van der Waals surface area contributed by atoms with E-state index >= 15 is 0 Å². The van der Waals surface area contributed by atoms with E-state index in [2.05, 4.69) is 104 Å². The minimum atomic E-state index is -1.26. The summed E-state index contributed by atoms with van der Waals surface area (Å²) in [6, 6.07) is 30.4. The largest absolute Gasteiger partial charge is 0.374 e. The third kappa shape index (κ3) is 3.95. The number of benzene rings is 3. The number of hydrogen-bond acceptors (Lipinski definition) is 1. The van der Waals surface area contributed by atoms with Gasteiger partial charge in [0, 0.05) is 5.69 Å². The van der Waals surface area contributed by atoms with E-state index in [1.165, 1.54) is 16.3 Å². The van der Waals surface area contributed by atoms with Crippen molar-refractivity contribution in [2.24, 2.45) is 0 Å². The molecule has 0 amide bonds. The van der Waals surface area contributed by atoms with Crippen LogP contribution in [0, 0.1) is 0 Å². The molecule has 122 valence electrons. The molecule has 3 rings (SSSR count). The highest BCUT2D eigenvalue weighted by Gasteiger charge is 2.18. The lowest BCUT2D eigenvalue weighted by Gasteiger charge is -2.23. The standard InChI is InChI=1S/C22H25NSi/c1-24(2,3)21-16-14-19(15-17-21)22(18-10-6-4-7-11-18)23-20-12-8-5-9-13-20/h4-17,22-23H,1-3H3. The molecular weight excluding hydrogens is 306 g/mol. The number of anilines is 1. The van der Waals surface area contributed by atoms with E-state index in [4.69, 9.17) is 0 Å². The molecule has 0 spiro atoms. The van der Waals surface area contributed by atoms with E-state index in [9.17, 15) is 0 Å². The van der Waals surface area contributed by atoms with Gasteiger partial charge < -0.3 is 5.32 Å². The Kier molecular flexibility index (Phi) is 4.86. The summed E-state index contributed by atoms with van der Waals surface area (Å²) in [4.78, 5) is 0. The molecule has 1 N–H and O–H groups in total. The van der Waals surface area contributed by atoms with Gasteiger partial charge in [0.05, 0.1) is 14.1 Å². The van der Waals surface area contributed by atoms with Crippen molar-refractivity contribution >= 4 is 18.9 Å². The topological polar surface area (TPSA) is 12.0 Å². The van der Waals surface area contributed by atoms with Crippen molar-refractivity contribution in [3.63, 3.8) is 0 Å². The van der Waals surface area contributed by atoms with Gasteiger partial charge in [-0.1, -0.05) is 97.6 Å². The van der Waals surface area contributed by atoms with Crippen molar-refractivity contribution in [2.75, 3.05) is 5.32 Å². The highest BCUT2D eigenvalue weighted by Crippen LogP contribution is 2.26. The molecule has 0 heterocycles. The van der Waals surface area contributed by atoms with Gasteiger partial charge >= 0.3 is 0 Å². The highest BCUT2D eigenvalue weighted by atomic mass is 28.3. The summed E-state index contributed by atoms with van der Waals surface area (Å²) in [7, 11) is -1.26. The Labute approximate surface area is 146 Å². The van der Waals surface area contributed by atoms with Crippen LogP contribution in [-0.4, -0.2) is 8.07 Å². The van der Waals surface area contributed by atoms with Crippen LogP contribution in [0.4, 0.5) is 5.69 Å². The molecule has 0 aliphatic heterocycles. The molecule has 0 fully saturated rings. The molecule has 0 saturated carbocycles. The molecule has 0 aliphatic rings. The Hall–Kier alpha value is -2.32. The van der Waals surface area contributed by atoms with Gasteiger partial charge in [0.2, 0.25) is 0 Å². The lowest BCUT2D eigenvalue weighted by molar-refractivity contribution is 0.940. The van der Waals surface area contributed by atoms with E-state index in [-0.39, 0.29) is 6.04 Å². The first kappa shape index (κ1) is 16.5. The SMILES string of the molecule is C[Si](C)(C)c1ccc(C(Nc2ccccc2)c2ccccc2)cc1. The Morgan fingerprint density at radius 1 is 0.625 bits per heavy atom. The Balaban J connectivity index is 1.95. The average Bonchev–Trinajstić information content (AvgIpc) is 2.61. The van der Waals surface area contributed by atoms with Gasteiger partial charge in [-0.2, -0.15) is 0 Å². The van der Waals surface area contributed by atoms with Gasteiger partial charge in [0.15, 0.2) is 0 Å². The minimum absolute atomic E-state index is 0.157. The summed E-state index contributed by atoms with van der Waals surface area (Å²) >= 11 is 0. The summed E-state index contributed by atoms with van der Waals surface area (Å²) in [5, 5.41) is 5.18. The van der Waals surface area contributed by atoms with E-state index in [1.54, 1.807) is 0 Å². The lowest BCUT2D eigenvalue weighted by atomic mass is 9.98. The molecule has 3 aromatic carbocycles. The van der Waals surface area contributed by atoms with Gasteiger partial charge in [0.1, 0.15) is 0 Å². The number of nitrogens with one attached hydrogen (secondary N) is 1. The molecule has 0 aliphatic carbocycles. The van der Waals surface area contributed by atoms with Crippen molar-refractivity contribution < 1.29 is 0 Å². The molecule has 1 unspecified atom stereocenters. The van der Waals surface area contributed by atoms with Crippen LogP contribution in [0.2, 0.25) is 19.6 Å². The van der Waals surface area contributed by atoms with E-state index in [1.807, 2.05) is 6.07 Å². The number of hydrogen-bond donors (Lipinski definition) is 1. The maximum atomic E-state index is 3.68. The quantitative estimate of drug-likeness (QED) is 0.614. The zero-order valence-corrected chi connectivity index (χ0v) is 15.7. The van der Waals surface area contributed by atoms with Crippen molar-refractivity contribution in [1.82, 2.24) is 0 Å². The number of rotatable bonds is 5. The number of para-hydroxylation sites is 1. The molecule has 0 aromatic heterocycles. The summed E-state index contributed by atoms with van der Waals surface area (Å²) < 4.78 is 0. The highest BCUT2D eigenvalue weighted by molar-refractivity contribution is 6.88. The van der Waals surface area contributed by atoms with Crippen molar-refractivity contribution in [3.05, 3.63) is 96.1 Å². The second kappa shape index (κ2) is 7.06. The lowest BCUT2D eigenvalue weighted by Crippen LogP contribution is -2.37. The third-order valence-corrected chi connectivity index (χ3v) is 6.39. The zero-order chi connectivity index (χ0) is 17.0. The van der Waals surface area contributed by atoms with Crippen LogP contribution in [0.25, 0.3) is 0 Å². The molecule has 1 nitrogen and oxygen atoms in total. The van der Waals surface area contributed by atoms with E-state index in [0.717, 1.165) is 5.69 Å². The van der Waals surface area contributed by atoms with Crippen LogP contribution < -0.4 is 10.5 Å². The van der Waals surface area contributed by atoms with Crippen LogP contribution in [0.1, 0.15) is 17.2 Å². The van der Waals surface area contributed by atoms with Crippen molar-refractivity contribution in [2.45, 2.75) is 25.7 Å². The van der Waals surface area contributed by atoms with Crippen molar-refractivity contribution in [3.8, 4) is 0 Å². The summed E-state index contributed by atoms with van der Waals surface area (Å²) in [6.07, 6.45) is 0. The second-order valence-corrected chi connectivity index (χ2v) is 12.3. The minimum Gasteiger partial charge on any atom is -0.374 e. The van der Waals surface area contributed by atoms with Crippen molar-refractivity contribution in [1.29, 1.82) is 0 Å². The van der Waals surface area contributed by atoms with Gasteiger partial charge in [-0.3, -0.25) is 0 Å². The maximum Gasteiger partial charge on any atom is 0.0775 e. The first-order chi connectivity index (χ1) is 11.5. The second-order valence-electron chi connectivity index (χ2n) is 7.23. The molecule has 24 heavy (non-hydrogen) atoms. The monoisotopic (exact) mass is 331 g/mol. The Morgan fingerprint density at radius 2 is 1.12 bits per heavy atom. The summed E-state index contributed by atoms with van der Waals surface area (Å²) in [5.41, 5.74) is 3.72. The predicted molar refractivity (Wildman–Crippen MR) is 108 cm³/mol. The summed E-state index contributed by atoms with van der Waals surface area (Å²) in [6.45, 7) is 7.16. The summed E-state index contributed by atoms with van der Waals surface area (Å²) in [5.74, 6) is 0. The van der Waals surface area contributed by atoms with Gasteiger partial charge in [-0.25, -0.2) is 0 Å². The van der Waals surface area contributed by atoms with Gasteiger partial charge in [0.25, 0.3) is 0 Å². The van der Waals surface area contributed by atoms with Crippen LogP contribution >= 0.6 is 0 Å². The van der Waals surface area contributed by atoms with Crippen LogP contribution in [-0.2, 0) is 0 Å². The predicted octanol–water partition coefficient (Wildman–Crippen LogP) is 5.43. The van der Waals surface area contributed by atoms with Gasteiger partial charge in [-0.15, -0.1) is 0 Å². The molecule has 3 aromatic rings. The normalized spacial score (nSPS) is 12.6. The van der Waals surface area contributed by atoms with Crippen LogP contribution in [0.5, 0.6) is 0 Å². The Morgan fingerprint density at radius 3 is 1.67 bits per heavy atom. The molecule has 1 atom stereocenters. The van der Waals surface area contributed by atoms with E-state index < -0.39 is 8.07 Å². The fraction of sp³-hybridized carbons (Fsp3) is 0.182. The molecule has 0 radical (unpaired) electrons. The molecule has 0 bridgehead atoms. The smallest absolute Gasteiger partial charge is 0.0775 e. The zero-order valence-electron chi connectivity index (χ0n) is 14.7. The van der Waals surface area contributed by atoms with Gasteiger partial charge in [-0.05, 0) is 23.3 Å². The van der Waals surface area contributed by atoms with Crippen LogP contribution in [0.15, 0.2) is 84.9 Å². The Bertz CT molecular complexity index is 759. The fourth-order valence-corrected chi connectivity index (χ4v) is 4.05. The first-order valence-corrected chi connectivity index (χ1v) is 12.0. The third-order valence-electron chi connectivity index (χ3n) is 4.33. The maximum absolute atomic E-state index is 3.68. The molecular formula is C22H25NSi. The van der Waals surface area contributed by atoms with Crippen LogP contribution in [0.3, 0.4) is 0 Å². The first-order valence-electron chi connectivity index (χ1n) is 8.51. The van der Waals surface area contributed by atoms with E-state index in [0.29, 0.717) is 0 Å².